The normalized spacial score (nSPS) is 20.3. The second-order valence-electron chi connectivity index (χ2n) is 6.74. The Balaban J connectivity index is 1.81. The number of halogens is 3. The van der Waals surface area contributed by atoms with Crippen molar-refractivity contribution < 1.29 is 18.0 Å². The fourth-order valence-electron chi connectivity index (χ4n) is 3.35. The number of benzene rings is 1. The number of anilines is 1. The molecule has 1 saturated carbocycles. The maximum Gasteiger partial charge on any atom is 0.416 e. The van der Waals surface area contributed by atoms with Gasteiger partial charge in [-0.15, -0.1) is 0 Å². The summed E-state index contributed by atoms with van der Waals surface area (Å²) >= 11 is 0. The number of hydrogen-bond acceptors (Lipinski definition) is 3. The molecule has 1 fully saturated rings. The predicted octanol–water partition coefficient (Wildman–Crippen LogP) is 3.66. The van der Waals surface area contributed by atoms with Gasteiger partial charge in [0.15, 0.2) is 0 Å². The molecule has 0 unspecified atom stereocenters. The number of rotatable bonds is 4. The van der Waals surface area contributed by atoms with Gasteiger partial charge in [-0.2, -0.15) is 18.3 Å². The minimum atomic E-state index is -4.44. The minimum Gasteiger partial charge on any atom is -0.327 e. The van der Waals surface area contributed by atoms with Gasteiger partial charge in [0, 0.05) is 18.5 Å². The van der Waals surface area contributed by atoms with Crippen molar-refractivity contribution in [2.45, 2.75) is 44.8 Å². The van der Waals surface area contributed by atoms with Crippen LogP contribution in [0.25, 0.3) is 5.69 Å². The van der Waals surface area contributed by atoms with Crippen molar-refractivity contribution in [1.29, 1.82) is 0 Å². The Morgan fingerprint density at radius 3 is 2.77 bits per heavy atom. The van der Waals surface area contributed by atoms with Crippen molar-refractivity contribution in [3.63, 3.8) is 0 Å². The summed E-state index contributed by atoms with van der Waals surface area (Å²) in [5.74, 6) is 0.278. The van der Waals surface area contributed by atoms with Crippen LogP contribution in [0.15, 0.2) is 30.3 Å². The van der Waals surface area contributed by atoms with Crippen molar-refractivity contribution in [3.05, 3.63) is 41.6 Å². The van der Waals surface area contributed by atoms with Gasteiger partial charge in [-0.25, -0.2) is 4.68 Å². The molecule has 0 radical (unpaired) electrons. The molecule has 0 aliphatic heterocycles. The highest BCUT2D eigenvalue weighted by molar-refractivity contribution is 5.90. The lowest BCUT2D eigenvalue weighted by Gasteiger charge is -2.15. The fraction of sp³-hybridized carbons (Fsp3) is 0.444. The Kier molecular flexibility index (Phi) is 5.04. The molecule has 2 atom stereocenters. The topological polar surface area (TPSA) is 72.9 Å². The molecule has 1 heterocycles. The van der Waals surface area contributed by atoms with Gasteiger partial charge < -0.3 is 11.1 Å². The standard InChI is InChI=1S/C18H21F3N4O/c1-11-8-16(23-17(26)9-12-4-2-7-15(12)22)25(24-11)14-6-3-5-13(10-14)18(19,20)21/h3,5-6,8,10,12,15H,2,4,7,9,22H2,1H3,(H,23,26)/t12-,15+/m0/s1. The molecular weight excluding hydrogens is 345 g/mol. The number of carbonyl (C=O) groups excluding carboxylic acids is 1. The predicted molar refractivity (Wildman–Crippen MR) is 91.9 cm³/mol. The number of nitrogens with two attached hydrogens (primary N) is 1. The van der Waals surface area contributed by atoms with E-state index in [0.29, 0.717) is 17.9 Å². The average molecular weight is 366 g/mol. The molecule has 1 aliphatic rings. The van der Waals surface area contributed by atoms with Gasteiger partial charge in [-0.1, -0.05) is 12.5 Å². The van der Waals surface area contributed by atoms with E-state index in [9.17, 15) is 18.0 Å². The van der Waals surface area contributed by atoms with Crippen molar-refractivity contribution in [2.24, 2.45) is 11.7 Å². The molecule has 0 saturated heterocycles. The summed E-state index contributed by atoms with van der Waals surface area (Å²) in [6.07, 6.45) is -1.30. The van der Waals surface area contributed by atoms with E-state index in [2.05, 4.69) is 10.4 Å². The zero-order chi connectivity index (χ0) is 18.9. The Morgan fingerprint density at radius 2 is 2.12 bits per heavy atom. The van der Waals surface area contributed by atoms with E-state index in [1.165, 1.54) is 16.8 Å². The molecule has 5 nitrogen and oxygen atoms in total. The van der Waals surface area contributed by atoms with Crippen LogP contribution in [0, 0.1) is 12.8 Å². The van der Waals surface area contributed by atoms with E-state index in [4.69, 9.17) is 5.73 Å². The fourth-order valence-corrected chi connectivity index (χ4v) is 3.35. The monoisotopic (exact) mass is 366 g/mol. The Bertz CT molecular complexity index is 800. The zero-order valence-electron chi connectivity index (χ0n) is 14.4. The van der Waals surface area contributed by atoms with Gasteiger partial charge in [0.05, 0.1) is 16.9 Å². The summed E-state index contributed by atoms with van der Waals surface area (Å²) in [5.41, 5.74) is 6.06. The Hall–Kier alpha value is -2.35. The smallest absolute Gasteiger partial charge is 0.327 e. The molecule has 0 bridgehead atoms. The number of amides is 1. The van der Waals surface area contributed by atoms with Gasteiger partial charge in [0.25, 0.3) is 0 Å². The number of carbonyl (C=O) groups is 1. The lowest BCUT2D eigenvalue weighted by atomic mass is 10.00. The Labute approximate surface area is 149 Å². The van der Waals surface area contributed by atoms with Crippen LogP contribution >= 0.6 is 0 Å². The number of hydrogen-bond donors (Lipinski definition) is 2. The molecule has 1 aliphatic carbocycles. The van der Waals surface area contributed by atoms with Crippen molar-refractivity contribution in [3.8, 4) is 5.69 Å². The van der Waals surface area contributed by atoms with Crippen LogP contribution in [-0.2, 0) is 11.0 Å². The van der Waals surface area contributed by atoms with Crippen LogP contribution in [0.4, 0.5) is 19.0 Å². The maximum absolute atomic E-state index is 13.0. The van der Waals surface area contributed by atoms with Gasteiger partial charge in [0.1, 0.15) is 5.82 Å². The number of nitrogens with one attached hydrogen (secondary N) is 1. The van der Waals surface area contributed by atoms with Crippen LogP contribution in [0.1, 0.15) is 36.9 Å². The third kappa shape index (κ3) is 4.07. The minimum absolute atomic E-state index is 0.0239. The van der Waals surface area contributed by atoms with E-state index in [-0.39, 0.29) is 23.6 Å². The highest BCUT2D eigenvalue weighted by Gasteiger charge is 2.31. The molecule has 8 heteroatoms. The molecule has 2 aromatic rings. The number of aryl methyl sites for hydroxylation is 1. The summed E-state index contributed by atoms with van der Waals surface area (Å²) in [6.45, 7) is 1.71. The first-order chi connectivity index (χ1) is 12.2. The average Bonchev–Trinajstić information content (AvgIpc) is 3.12. The van der Waals surface area contributed by atoms with E-state index < -0.39 is 11.7 Å². The first-order valence-corrected chi connectivity index (χ1v) is 8.54. The highest BCUT2D eigenvalue weighted by Crippen LogP contribution is 2.31. The summed E-state index contributed by atoms with van der Waals surface area (Å²) in [7, 11) is 0. The molecule has 3 N–H and O–H groups in total. The van der Waals surface area contributed by atoms with Crippen LogP contribution in [0.2, 0.25) is 0 Å². The van der Waals surface area contributed by atoms with Gasteiger partial charge >= 0.3 is 6.18 Å². The van der Waals surface area contributed by atoms with Crippen LogP contribution < -0.4 is 11.1 Å². The van der Waals surface area contributed by atoms with E-state index in [0.717, 1.165) is 31.4 Å². The molecular formula is C18H21F3N4O. The molecule has 1 aromatic heterocycles. The van der Waals surface area contributed by atoms with E-state index >= 15 is 0 Å². The second-order valence-corrected chi connectivity index (χ2v) is 6.74. The highest BCUT2D eigenvalue weighted by atomic mass is 19.4. The third-order valence-corrected chi connectivity index (χ3v) is 4.68. The largest absolute Gasteiger partial charge is 0.416 e. The Morgan fingerprint density at radius 1 is 1.35 bits per heavy atom. The number of alkyl halides is 3. The zero-order valence-corrected chi connectivity index (χ0v) is 14.4. The summed E-state index contributed by atoms with van der Waals surface area (Å²) in [5, 5.41) is 6.97. The van der Waals surface area contributed by atoms with Crippen molar-refractivity contribution in [2.75, 3.05) is 5.32 Å². The summed E-state index contributed by atoms with van der Waals surface area (Å²) in [6, 6.07) is 6.50. The molecule has 1 amide bonds. The second kappa shape index (κ2) is 7.11. The molecule has 140 valence electrons. The van der Waals surface area contributed by atoms with Crippen molar-refractivity contribution in [1.82, 2.24) is 9.78 Å². The first-order valence-electron chi connectivity index (χ1n) is 8.54. The molecule has 1 aromatic carbocycles. The lowest BCUT2D eigenvalue weighted by Crippen LogP contribution is -2.28. The van der Waals surface area contributed by atoms with E-state index in [1.54, 1.807) is 13.0 Å². The van der Waals surface area contributed by atoms with Crippen LogP contribution in [0.3, 0.4) is 0 Å². The maximum atomic E-state index is 13.0. The molecule has 3 rings (SSSR count). The van der Waals surface area contributed by atoms with Crippen LogP contribution in [-0.4, -0.2) is 21.7 Å². The lowest BCUT2D eigenvalue weighted by molar-refractivity contribution is -0.137. The van der Waals surface area contributed by atoms with Gasteiger partial charge in [-0.3, -0.25) is 4.79 Å². The SMILES string of the molecule is Cc1cc(NC(=O)C[C@@H]2CCC[C@H]2N)n(-c2cccc(C(F)(F)F)c2)n1. The van der Waals surface area contributed by atoms with Gasteiger partial charge in [0.2, 0.25) is 5.91 Å². The number of nitrogens with zero attached hydrogens (tertiary/aromatic N) is 2. The summed E-state index contributed by atoms with van der Waals surface area (Å²) in [4.78, 5) is 12.3. The van der Waals surface area contributed by atoms with Crippen molar-refractivity contribution >= 4 is 11.7 Å². The summed E-state index contributed by atoms with van der Waals surface area (Å²) < 4.78 is 40.2. The van der Waals surface area contributed by atoms with E-state index in [1.807, 2.05) is 0 Å². The number of aromatic nitrogens is 2. The van der Waals surface area contributed by atoms with Gasteiger partial charge in [-0.05, 0) is 43.9 Å². The molecule has 26 heavy (non-hydrogen) atoms. The first kappa shape index (κ1) is 18.4. The van der Waals surface area contributed by atoms with Crippen LogP contribution in [0.5, 0.6) is 0 Å². The molecule has 0 spiro atoms. The third-order valence-electron chi connectivity index (χ3n) is 4.68. The quantitative estimate of drug-likeness (QED) is 0.867.